The number of halogens is 1. The molecule has 0 spiro atoms. The van der Waals surface area contributed by atoms with Crippen molar-refractivity contribution in [1.82, 2.24) is 15.0 Å². The number of carboxylic acid groups (broad SMARTS) is 1. The summed E-state index contributed by atoms with van der Waals surface area (Å²) in [5.74, 6) is -0.918. The van der Waals surface area contributed by atoms with E-state index in [0.29, 0.717) is 15.4 Å². The first-order valence-electron chi connectivity index (χ1n) is 7.93. The Bertz CT molecular complexity index is 994. The SMILES string of the molecule is CC(C)(C)C(CNC(=O)O)NS(=O)(=O)c1c(C(N)=O)[nH]c2ccc(Br)cc12. The number of amides is 2. The molecule has 11 heteroatoms. The molecule has 0 radical (unpaired) electrons. The van der Waals surface area contributed by atoms with Gasteiger partial charge in [0.05, 0.1) is 0 Å². The lowest BCUT2D eigenvalue weighted by Gasteiger charge is -2.31. The Hall–Kier alpha value is -2.11. The van der Waals surface area contributed by atoms with Crippen molar-refractivity contribution < 1.29 is 23.1 Å². The van der Waals surface area contributed by atoms with Gasteiger partial charge in [-0.25, -0.2) is 17.9 Å². The van der Waals surface area contributed by atoms with Gasteiger partial charge in [0.1, 0.15) is 10.6 Å². The van der Waals surface area contributed by atoms with Crippen LogP contribution in [0.5, 0.6) is 0 Å². The third kappa shape index (κ3) is 4.79. The molecule has 0 aliphatic rings. The van der Waals surface area contributed by atoms with Crippen molar-refractivity contribution in [2.24, 2.45) is 11.1 Å². The standard InChI is InChI=1S/C16H21BrN4O5S/c1-16(2,3)11(7-19-15(23)24)21-27(25,26)13-9-6-8(17)4-5-10(9)20-12(13)14(18)22/h4-6,11,19-21H,7H2,1-3H3,(H2,18,22)(H,23,24). The van der Waals surface area contributed by atoms with Gasteiger partial charge in [-0.3, -0.25) is 4.79 Å². The molecule has 0 saturated carbocycles. The molecule has 0 aliphatic carbocycles. The number of rotatable bonds is 6. The number of aromatic amines is 1. The largest absolute Gasteiger partial charge is 0.465 e. The van der Waals surface area contributed by atoms with Crippen molar-refractivity contribution in [3.63, 3.8) is 0 Å². The van der Waals surface area contributed by atoms with Crippen molar-refractivity contribution in [1.29, 1.82) is 0 Å². The van der Waals surface area contributed by atoms with Crippen LogP contribution in [0.3, 0.4) is 0 Å². The predicted molar refractivity (Wildman–Crippen MR) is 104 cm³/mol. The number of fused-ring (bicyclic) bond motifs is 1. The second-order valence-corrected chi connectivity index (χ2v) is 9.68. The van der Waals surface area contributed by atoms with Crippen LogP contribution in [0.25, 0.3) is 10.9 Å². The summed E-state index contributed by atoms with van der Waals surface area (Å²) in [7, 11) is -4.20. The Morgan fingerprint density at radius 2 is 1.96 bits per heavy atom. The monoisotopic (exact) mass is 460 g/mol. The quantitative estimate of drug-likeness (QED) is 0.445. The number of primary amides is 1. The summed E-state index contributed by atoms with van der Waals surface area (Å²) in [6.07, 6.45) is -1.27. The average molecular weight is 461 g/mol. The van der Waals surface area contributed by atoms with Crippen LogP contribution in [0.4, 0.5) is 4.79 Å². The maximum atomic E-state index is 13.1. The first-order chi connectivity index (χ1) is 12.3. The summed E-state index contributed by atoms with van der Waals surface area (Å²) in [4.78, 5) is 25.1. The highest BCUT2D eigenvalue weighted by molar-refractivity contribution is 9.10. The van der Waals surface area contributed by atoms with Crippen LogP contribution in [0.2, 0.25) is 0 Å². The van der Waals surface area contributed by atoms with Crippen LogP contribution in [0, 0.1) is 5.41 Å². The van der Waals surface area contributed by atoms with Gasteiger partial charge in [0.25, 0.3) is 5.91 Å². The summed E-state index contributed by atoms with van der Waals surface area (Å²) >= 11 is 3.28. The molecule has 1 unspecified atom stereocenters. The van der Waals surface area contributed by atoms with E-state index in [1.807, 2.05) is 0 Å². The van der Waals surface area contributed by atoms with Crippen molar-refractivity contribution in [2.75, 3.05) is 6.54 Å². The predicted octanol–water partition coefficient (Wildman–Crippen LogP) is 1.99. The van der Waals surface area contributed by atoms with E-state index >= 15 is 0 Å². The summed E-state index contributed by atoms with van der Waals surface area (Å²) in [5.41, 5.74) is 4.95. The Labute approximate surface area is 164 Å². The third-order valence-electron chi connectivity index (χ3n) is 4.03. The van der Waals surface area contributed by atoms with Gasteiger partial charge in [0.15, 0.2) is 0 Å². The topological polar surface area (TPSA) is 154 Å². The fourth-order valence-corrected chi connectivity index (χ4v) is 4.72. The second-order valence-electron chi connectivity index (χ2n) is 7.11. The molecule has 148 valence electrons. The van der Waals surface area contributed by atoms with E-state index in [1.165, 1.54) is 0 Å². The molecule has 1 heterocycles. The highest BCUT2D eigenvalue weighted by Gasteiger charge is 2.34. The van der Waals surface area contributed by atoms with Crippen LogP contribution >= 0.6 is 15.9 Å². The number of hydrogen-bond acceptors (Lipinski definition) is 4. The summed E-state index contributed by atoms with van der Waals surface area (Å²) in [5, 5.41) is 11.3. The van der Waals surface area contributed by atoms with E-state index < -0.39 is 33.5 Å². The molecule has 0 fully saturated rings. The summed E-state index contributed by atoms with van der Waals surface area (Å²) < 4.78 is 29.4. The summed E-state index contributed by atoms with van der Waals surface area (Å²) in [6.45, 7) is 5.16. The minimum absolute atomic E-state index is 0.143. The Kier molecular flexibility index (Phi) is 5.88. The van der Waals surface area contributed by atoms with Crippen LogP contribution in [-0.2, 0) is 10.0 Å². The van der Waals surface area contributed by atoms with E-state index in [-0.39, 0.29) is 17.1 Å². The zero-order chi connectivity index (χ0) is 20.6. The van der Waals surface area contributed by atoms with Gasteiger partial charge in [-0.05, 0) is 23.6 Å². The Morgan fingerprint density at radius 3 is 2.48 bits per heavy atom. The van der Waals surface area contributed by atoms with Gasteiger partial charge in [-0.15, -0.1) is 0 Å². The van der Waals surface area contributed by atoms with Gasteiger partial charge in [0.2, 0.25) is 10.0 Å². The number of benzene rings is 1. The lowest BCUT2D eigenvalue weighted by Crippen LogP contribution is -2.50. The maximum Gasteiger partial charge on any atom is 0.404 e. The third-order valence-corrected chi connectivity index (χ3v) is 6.08. The first-order valence-corrected chi connectivity index (χ1v) is 10.2. The second kappa shape index (κ2) is 7.49. The number of aromatic nitrogens is 1. The number of carbonyl (C=O) groups is 2. The molecule has 0 saturated heterocycles. The molecule has 1 aromatic heterocycles. The molecule has 2 amide bonds. The van der Waals surface area contributed by atoms with Gasteiger partial charge in [0, 0.05) is 28.0 Å². The maximum absolute atomic E-state index is 13.1. The molecular formula is C16H21BrN4O5S. The van der Waals surface area contributed by atoms with Crippen LogP contribution in [-0.4, -0.2) is 43.1 Å². The van der Waals surface area contributed by atoms with Crippen molar-refractivity contribution in [3.8, 4) is 0 Å². The first kappa shape index (κ1) is 21.2. The van der Waals surface area contributed by atoms with Gasteiger partial charge in [-0.2, -0.15) is 0 Å². The van der Waals surface area contributed by atoms with Crippen molar-refractivity contribution >= 4 is 48.9 Å². The zero-order valence-electron chi connectivity index (χ0n) is 15.0. The molecule has 27 heavy (non-hydrogen) atoms. The number of nitrogens with one attached hydrogen (secondary N) is 3. The average Bonchev–Trinajstić information content (AvgIpc) is 2.89. The van der Waals surface area contributed by atoms with Gasteiger partial charge < -0.3 is 21.1 Å². The zero-order valence-corrected chi connectivity index (χ0v) is 17.4. The van der Waals surface area contributed by atoms with E-state index in [0.717, 1.165) is 0 Å². The van der Waals surface area contributed by atoms with Crippen molar-refractivity contribution in [3.05, 3.63) is 28.4 Å². The Morgan fingerprint density at radius 1 is 1.33 bits per heavy atom. The lowest BCUT2D eigenvalue weighted by molar-refractivity contribution is 0.0993. The number of H-pyrrole nitrogens is 1. The molecule has 0 bridgehead atoms. The number of carbonyl (C=O) groups excluding carboxylic acids is 1. The van der Waals surface area contributed by atoms with Crippen molar-refractivity contribution in [2.45, 2.75) is 31.7 Å². The Balaban J connectivity index is 2.57. The number of nitrogens with two attached hydrogens (primary N) is 1. The molecule has 2 rings (SSSR count). The smallest absolute Gasteiger partial charge is 0.404 e. The number of sulfonamides is 1. The molecule has 6 N–H and O–H groups in total. The van der Waals surface area contributed by atoms with E-state index in [4.69, 9.17) is 10.8 Å². The van der Waals surface area contributed by atoms with Crippen LogP contribution < -0.4 is 15.8 Å². The minimum atomic E-state index is -4.20. The van der Waals surface area contributed by atoms with E-state index in [2.05, 4.69) is 31.0 Å². The van der Waals surface area contributed by atoms with Gasteiger partial charge in [-0.1, -0.05) is 36.7 Å². The lowest BCUT2D eigenvalue weighted by atomic mass is 9.87. The normalized spacial score (nSPS) is 13.5. The van der Waals surface area contributed by atoms with E-state index in [9.17, 15) is 18.0 Å². The van der Waals surface area contributed by atoms with Crippen LogP contribution in [0.1, 0.15) is 31.3 Å². The molecular weight excluding hydrogens is 440 g/mol. The highest BCUT2D eigenvalue weighted by Crippen LogP contribution is 2.30. The van der Waals surface area contributed by atoms with Crippen LogP contribution in [0.15, 0.2) is 27.6 Å². The summed E-state index contributed by atoms with van der Waals surface area (Å²) in [6, 6.07) is 4.12. The molecule has 1 atom stereocenters. The highest BCUT2D eigenvalue weighted by atomic mass is 79.9. The van der Waals surface area contributed by atoms with E-state index in [1.54, 1.807) is 39.0 Å². The molecule has 9 nitrogen and oxygen atoms in total. The van der Waals surface area contributed by atoms with Gasteiger partial charge >= 0.3 is 6.09 Å². The molecule has 1 aromatic carbocycles. The minimum Gasteiger partial charge on any atom is -0.465 e. The fourth-order valence-electron chi connectivity index (χ4n) is 2.55. The number of hydrogen-bond donors (Lipinski definition) is 5. The fraction of sp³-hybridized carbons (Fsp3) is 0.375. The molecule has 2 aromatic rings. The molecule has 0 aliphatic heterocycles.